The monoisotopic (exact) mass is 271 g/mol. The molecule has 0 spiro atoms. The highest BCUT2D eigenvalue weighted by Crippen LogP contribution is 2.34. The van der Waals surface area contributed by atoms with Crippen molar-refractivity contribution in [3.8, 4) is 5.75 Å². The van der Waals surface area contributed by atoms with E-state index in [0.29, 0.717) is 5.02 Å². The molecule has 2 unspecified atom stereocenters. The van der Waals surface area contributed by atoms with Crippen molar-refractivity contribution in [2.24, 2.45) is 0 Å². The number of nitro benzene ring substituents is 1. The average Bonchev–Trinajstić information content (AvgIpc) is 2.28. The van der Waals surface area contributed by atoms with Gasteiger partial charge in [0, 0.05) is 30.7 Å². The number of hydrogen-bond donors (Lipinski definition) is 0. The van der Waals surface area contributed by atoms with Gasteiger partial charge in [0.25, 0.3) is 0 Å². The first kappa shape index (κ1) is 12.8. The fourth-order valence-corrected chi connectivity index (χ4v) is 1.91. The van der Waals surface area contributed by atoms with Crippen LogP contribution in [0.25, 0.3) is 0 Å². The molecule has 2 rings (SSSR count). The summed E-state index contributed by atoms with van der Waals surface area (Å²) in [7, 11) is 1.39. The summed E-state index contributed by atoms with van der Waals surface area (Å²) < 4.78 is 10.4. The third-order valence-electron chi connectivity index (χ3n) is 2.71. The van der Waals surface area contributed by atoms with Crippen molar-refractivity contribution in [1.29, 1.82) is 0 Å². The number of ketones is 1. The second kappa shape index (κ2) is 4.91. The molecule has 0 N–H and O–H groups in total. The van der Waals surface area contributed by atoms with E-state index < -0.39 is 17.1 Å². The molecule has 0 heterocycles. The minimum Gasteiger partial charge on any atom is -0.480 e. The fourth-order valence-electron chi connectivity index (χ4n) is 1.75. The molecule has 7 heteroatoms. The number of rotatable bonds is 4. The van der Waals surface area contributed by atoms with Crippen LogP contribution in [-0.4, -0.2) is 30.0 Å². The van der Waals surface area contributed by atoms with E-state index >= 15 is 0 Å². The first-order valence-electron chi connectivity index (χ1n) is 5.19. The van der Waals surface area contributed by atoms with Crippen LogP contribution in [0, 0.1) is 10.1 Å². The van der Waals surface area contributed by atoms with Gasteiger partial charge in [-0.2, -0.15) is 0 Å². The number of hydrogen-bond acceptors (Lipinski definition) is 5. The smallest absolute Gasteiger partial charge is 0.311 e. The fraction of sp³-hybridized carbons (Fsp3) is 0.364. The third-order valence-corrected chi connectivity index (χ3v) is 2.94. The van der Waals surface area contributed by atoms with Crippen LogP contribution in [0.4, 0.5) is 5.69 Å². The van der Waals surface area contributed by atoms with Gasteiger partial charge in [-0.05, 0) is 6.07 Å². The second-order valence-corrected chi connectivity index (χ2v) is 4.29. The zero-order valence-electron chi connectivity index (χ0n) is 9.46. The molecule has 0 radical (unpaired) electrons. The van der Waals surface area contributed by atoms with Crippen LogP contribution in [-0.2, 0) is 9.53 Å². The van der Waals surface area contributed by atoms with Gasteiger partial charge in [-0.3, -0.25) is 14.9 Å². The molecule has 6 nitrogen and oxygen atoms in total. The maximum atomic E-state index is 11.2. The van der Waals surface area contributed by atoms with Gasteiger partial charge in [0.2, 0.25) is 0 Å². The number of methoxy groups -OCH3 is 1. The number of carbonyl (C=O) groups excluding carboxylic acids is 1. The van der Waals surface area contributed by atoms with Crippen LogP contribution in [0.15, 0.2) is 18.2 Å². The van der Waals surface area contributed by atoms with Gasteiger partial charge in [0.1, 0.15) is 6.10 Å². The summed E-state index contributed by atoms with van der Waals surface area (Å²) >= 11 is 5.76. The molecule has 0 amide bonds. The Morgan fingerprint density at radius 3 is 2.78 bits per heavy atom. The molecule has 0 bridgehead atoms. The van der Waals surface area contributed by atoms with Crippen molar-refractivity contribution < 1.29 is 19.2 Å². The summed E-state index contributed by atoms with van der Waals surface area (Å²) in [4.78, 5) is 21.4. The van der Waals surface area contributed by atoms with Crippen molar-refractivity contribution in [3.63, 3.8) is 0 Å². The Morgan fingerprint density at radius 2 is 2.22 bits per heavy atom. The number of nitrogens with zero attached hydrogens (tertiary/aromatic N) is 1. The molecule has 1 aliphatic carbocycles. The summed E-state index contributed by atoms with van der Waals surface area (Å²) in [5.74, 6) is -0.0285. The van der Waals surface area contributed by atoms with Gasteiger partial charge in [0.05, 0.1) is 4.92 Å². The summed E-state index contributed by atoms with van der Waals surface area (Å²) in [5.41, 5.74) is -0.186. The van der Waals surface area contributed by atoms with Crippen LogP contribution < -0.4 is 4.74 Å². The number of nitro groups is 1. The van der Waals surface area contributed by atoms with Crippen molar-refractivity contribution in [1.82, 2.24) is 0 Å². The maximum absolute atomic E-state index is 11.2. The lowest BCUT2D eigenvalue weighted by molar-refractivity contribution is -0.386. The first-order valence-corrected chi connectivity index (χ1v) is 5.57. The lowest BCUT2D eigenvalue weighted by Gasteiger charge is -2.33. The predicted octanol–water partition coefficient (Wildman–Crippen LogP) is 1.98. The quantitative estimate of drug-likeness (QED) is 0.618. The van der Waals surface area contributed by atoms with Crippen LogP contribution in [0.5, 0.6) is 5.75 Å². The molecular weight excluding hydrogens is 262 g/mol. The molecule has 18 heavy (non-hydrogen) atoms. The van der Waals surface area contributed by atoms with Crippen LogP contribution in [0.1, 0.15) is 6.42 Å². The van der Waals surface area contributed by atoms with Crippen molar-refractivity contribution >= 4 is 23.1 Å². The normalized spacial score (nSPS) is 22.4. The molecule has 1 aromatic carbocycles. The van der Waals surface area contributed by atoms with Gasteiger partial charge in [-0.15, -0.1) is 0 Å². The van der Waals surface area contributed by atoms with Gasteiger partial charge in [0.15, 0.2) is 17.6 Å². The van der Waals surface area contributed by atoms with E-state index in [2.05, 4.69) is 0 Å². The van der Waals surface area contributed by atoms with Crippen molar-refractivity contribution in [2.45, 2.75) is 18.6 Å². The Hall–Kier alpha value is -1.66. The molecule has 0 aromatic heterocycles. The van der Waals surface area contributed by atoms with Gasteiger partial charge >= 0.3 is 5.69 Å². The van der Waals surface area contributed by atoms with Gasteiger partial charge in [-0.25, -0.2) is 0 Å². The van der Waals surface area contributed by atoms with Gasteiger partial charge in [-0.1, -0.05) is 11.6 Å². The van der Waals surface area contributed by atoms with E-state index in [1.54, 1.807) is 0 Å². The number of Topliss-reactive ketones (excluding diaryl/α,β-unsaturated/α-hetero) is 1. The van der Waals surface area contributed by atoms with E-state index in [4.69, 9.17) is 21.1 Å². The average molecular weight is 272 g/mol. The highest BCUT2D eigenvalue weighted by atomic mass is 35.5. The summed E-state index contributed by atoms with van der Waals surface area (Å²) in [5, 5.41) is 11.1. The van der Waals surface area contributed by atoms with E-state index in [1.807, 2.05) is 0 Å². The van der Waals surface area contributed by atoms with Crippen molar-refractivity contribution in [3.05, 3.63) is 33.3 Å². The number of carbonyl (C=O) groups is 1. The zero-order valence-corrected chi connectivity index (χ0v) is 10.2. The molecule has 1 saturated carbocycles. The summed E-state index contributed by atoms with van der Waals surface area (Å²) in [6, 6.07) is 4.03. The number of ether oxygens (including phenoxy) is 2. The highest BCUT2D eigenvalue weighted by molar-refractivity contribution is 6.30. The summed E-state index contributed by atoms with van der Waals surface area (Å²) in [6.45, 7) is 0. The Morgan fingerprint density at radius 1 is 1.50 bits per heavy atom. The van der Waals surface area contributed by atoms with E-state index in [0.717, 1.165) is 0 Å². The SMILES string of the molecule is COC1C(=O)CC1Oc1cc(Cl)ccc1[N+](=O)[O-]. The second-order valence-electron chi connectivity index (χ2n) is 3.85. The molecule has 1 fully saturated rings. The lowest BCUT2D eigenvalue weighted by atomic mass is 9.90. The lowest BCUT2D eigenvalue weighted by Crippen LogP contribution is -2.51. The maximum Gasteiger partial charge on any atom is 0.311 e. The standard InChI is InChI=1S/C11H10ClNO5/c1-17-11-8(14)5-10(11)18-9-4-6(12)2-3-7(9)13(15)16/h2-4,10-11H,5H2,1H3. The Kier molecular flexibility index (Phi) is 3.49. The summed E-state index contributed by atoms with van der Waals surface area (Å²) in [6.07, 6.45) is -0.981. The molecule has 0 saturated heterocycles. The van der Waals surface area contributed by atoms with Crippen LogP contribution >= 0.6 is 11.6 Å². The molecular formula is C11H10ClNO5. The highest BCUT2D eigenvalue weighted by Gasteiger charge is 2.42. The Bertz CT molecular complexity index is 504. The molecule has 1 aliphatic rings. The zero-order chi connectivity index (χ0) is 13.3. The molecule has 1 aromatic rings. The Labute approximate surface area is 108 Å². The Balaban J connectivity index is 2.21. The first-order chi connectivity index (χ1) is 8.52. The minimum absolute atomic E-state index is 0.0482. The molecule has 0 aliphatic heterocycles. The molecule has 2 atom stereocenters. The van der Waals surface area contributed by atoms with Crippen LogP contribution in [0.2, 0.25) is 5.02 Å². The van der Waals surface area contributed by atoms with Crippen LogP contribution in [0.3, 0.4) is 0 Å². The topological polar surface area (TPSA) is 78.7 Å². The largest absolute Gasteiger partial charge is 0.480 e. The molecule has 96 valence electrons. The van der Waals surface area contributed by atoms with E-state index in [-0.39, 0.29) is 23.6 Å². The van der Waals surface area contributed by atoms with E-state index in [1.165, 1.54) is 25.3 Å². The third kappa shape index (κ3) is 2.30. The van der Waals surface area contributed by atoms with Gasteiger partial charge < -0.3 is 9.47 Å². The number of halogens is 1. The van der Waals surface area contributed by atoms with E-state index in [9.17, 15) is 14.9 Å². The predicted molar refractivity (Wildman–Crippen MR) is 62.9 cm³/mol. The number of benzene rings is 1. The van der Waals surface area contributed by atoms with Crippen molar-refractivity contribution in [2.75, 3.05) is 7.11 Å². The minimum atomic E-state index is -0.663.